The zero-order valence-corrected chi connectivity index (χ0v) is 11.3. The lowest BCUT2D eigenvalue weighted by atomic mass is 10.0. The second-order valence-corrected chi connectivity index (χ2v) is 5.33. The fourth-order valence-corrected chi connectivity index (χ4v) is 2.47. The summed E-state index contributed by atoms with van der Waals surface area (Å²) in [6.07, 6.45) is 0. The highest BCUT2D eigenvalue weighted by Crippen LogP contribution is 2.31. The van der Waals surface area contributed by atoms with Gasteiger partial charge in [-0.15, -0.1) is 0 Å². The van der Waals surface area contributed by atoms with Crippen LogP contribution in [0.25, 0.3) is 0 Å². The lowest BCUT2D eigenvalue weighted by Crippen LogP contribution is -2.38. The minimum atomic E-state index is -0.328. The first-order chi connectivity index (χ1) is 8.49. The van der Waals surface area contributed by atoms with E-state index in [2.05, 4.69) is 18.8 Å². The molecule has 1 aliphatic rings. The number of hydrogen-bond donors (Lipinski definition) is 1. The van der Waals surface area contributed by atoms with Crippen LogP contribution in [-0.2, 0) is 0 Å². The number of aliphatic imine (C=N–C) groups is 1. The van der Waals surface area contributed by atoms with Crippen LogP contribution in [0.3, 0.4) is 0 Å². The van der Waals surface area contributed by atoms with Crippen LogP contribution in [0.15, 0.2) is 23.2 Å². The van der Waals surface area contributed by atoms with Crippen molar-refractivity contribution in [2.24, 2.45) is 16.6 Å². The van der Waals surface area contributed by atoms with Crippen molar-refractivity contribution in [2.45, 2.75) is 19.9 Å². The van der Waals surface area contributed by atoms with Crippen LogP contribution in [0.4, 0.5) is 4.39 Å². The first-order valence-electron chi connectivity index (χ1n) is 6.00. The van der Waals surface area contributed by atoms with Crippen molar-refractivity contribution in [1.29, 1.82) is 0 Å². The number of rotatable bonds is 3. The maximum atomic E-state index is 13.1. The Kier molecular flexibility index (Phi) is 3.76. The summed E-state index contributed by atoms with van der Waals surface area (Å²) in [6, 6.07) is 4.48. The average Bonchev–Trinajstić information content (AvgIpc) is 2.60. The van der Waals surface area contributed by atoms with Gasteiger partial charge in [0.05, 0.1) is 12.6 Å². The molecule has 0 amide bonds. The Labute approximate surface area is 111 Å². The molecular weight excluding hydrogens is 253 g/mol. The van der Waals surface area contributed by atoms with Crippen LogP contribution in [0.5, 0.6) is 0 Å². The van der Waals surface area contributed by atoms with Gasteiger partial charge in [-0.05, 0) is 23.6 Å². The van der Waals surface area contributed by atoms with Gasteiger partial charge in [-0.2, -0.15) is 0 Å². The van der Waals surface area contributed by atoms with Crippen LogP contribution >= 0.6 is 11.6 Å². The molecule has 0 aliphatic carbocycles. The van der Waals surface area contributed by atoms with E-state index in [1.165, 1.54) is 12.1 Å². The molecule has 0 aromatic heterocycles. The Morgan fingerprint density at radius 3 is 2.89 bits per heavy atom. The summed E-state index contributed by atoms with van der Waals surface area (Å²) in [6.45, 7) is 5.63. The van der Waals surface area contributed by atoms with Crippen molar-refractivity contribution < 1.29 is 4.39 Å². The lowest BCUT2D eigenvalue weighted by molar-refractivity contribution is 0.309. The maximum absolute atomic E-state index is 13.1. The molecule has 1 aromatic carbocycles. The summed E-state index contributed by atoms with van der Waals surface area (Å²) in [5, 5.41) is 0.429. The average molecular weight is 270 g/mol. The predicted octanol–water partition coefficient (Wildman–Crippen LogP) is 2.81. The van der Waals surface area contributed by atoms with E-state index < -0.39 is 0 Å². The summed E-state index contributed by atoms with van der Waals surface area (Å²) in [7, 11) is 0. The molecule has 0 fully saturated rings. The molecule has 1 aromatic rings. The molecule has 0 spiro atoms. The molecule has 3 nitrogen and oxygen atoms in total. The number of halogens is 2. The van der Waals surface area contributed by atoms with Gasteiger partial charge in [-0.1, -0.05) is 31.5 Å². The predicted molar refractivity (Wildman–Crippen MR) is 72.2 cm³/mol. The van der Waals surface area contributed by atoms with E-state index in [1.807, 2.05) is 4.90 Å². The van der Waals surface area contributed by atoms with Crippen LogP contribution < -0.4 is 5.73 Å². The molecular formula is C13H17ClFN3. The molecule has 5 heteroatoms. The van der Waals surface area contributed by atoms with Gasteiger partial charge in [0.1, 0.15) is 5.82 Å². The summed E-state index contributed by atoms with van der Waals surface area (Å²) < 4.78 is 13.1. The van der Waals surface area contributed by atoms with Crippen LogP contribution in [0.1, 0.15) is 25.5 Å². The number of guanidine groups is 1. The van der Waals surface area contributed by atoms with Gasteiger partial charge in [0.25, 0.3) is 0 Å². The fraction of sp³-hybridized carbons (Fsp3) is 0.462. The molecule has 1 heterocycles. The van der Waals surface area contributed by atoms with Crippen molar-refractivity contribution in [3.8, 4) is 0 Å². The van der Waals surface area contributed by atoms with E-state index in [-0.39, 0.29) is 11.9 Å². The van der Waals surface area contributed by atoms with E-state index >= 15 is 0 Å². The third-order valence-electron chi connectivity index (χ3n) is 2.98. The largest absolute Gasteiger partial charge is 0.370 e. The lowest BCUT2D eigenvalue weighted by Gasteiger charge is -2.28. The summed E-state index contributed by atoms with van der Waals surface area (Å²) in [5.74, 6) is 0.679. The molecule has 2 N–H and O–H groups in total. The second-order valence-electron chi connectivity index (χ2n) is 4.93. The third kappa shape index (κ3) is 2.58. The Morgan fingerprint density at radius 2 is 2.28 bits per heavy atom. The Hall–Kier alpha value is -1.29. The van der Waals surface area contributed by atoms with E-state index in [9.17, 15) is 4.39 Å². The van der Waals surface area contributed by atoms with Crippen LogP contribution in [0, 0.1) is 11.7 Å². The first kappa shape index (κ1) is 13.1. The molecule has 0 radical (unpaired) electrons. The second kappa shape index (κ2) is 5.14. The highest BCUT2D eigenvalue weighted by atomic mass is 35.5. The molecule has 2 rings (SSSR count). The Bertz CT molecular complexity index is 473. The minimum Gasteiger partial charge on any atom is -0.370 e. The minimum absolute atomic E-state index is 0.0144. The van der Waals surface area contributed by atoms with E-state index in [0.717, 1.165) is 12.1 Å². The van der Waals surface area contributed by atoms with Gasteiger partial charge in [-0.3, -0.25) is 4.99 Å². The normalized spacial score (nSPS) is 19.5. The van der Waals surface area contributed by atoms with Gasteiger partial charge >= 0.3 is 0 Å². The SMILES string of the molecule is CC(C)CN1C(N)=NCC1c1ccc(F)cc1Cl. The number of nitrogens with zero attached hydrogens (tertiary/aromatic N) is 2. The van der Waals surface area contributed by atoms with Crippen molar-refractivity contribution >= 4 is 17.6 Å². The summed E-state index contributed by atoms with van der Waals surface area (Å²) >= 11 is 6.10. The first-order valence-corrected chi connectivity index (χ1v) is 6.38. The van der Waals surface area contributed by atoms with Crippen molar-refractivity contribution in [1.82, 2.24) is 4.90 Å². The molecule has 0 saturated carbocycles. The smallest absolute Gasteiger partial charge is 0.191 e. The molecule has 98 valence electrons. The van der Waals surface area contributed by atoms with Gasteiger partial charge in [0.2, 0.25) is 0 Å². The van der Waals surface area contributed by atoms with Crippen LogP contribution in [0.2, 0.25) is 5.02 Å². The van der Waals surface area contributed by atoms with Crippen molar-refractivity contribution in [3.63, 3.8) is 0 Å². The zero-order valence-electron chi connectivity index (χ0n) is 10.5. The number of nitrogens with two attached hydrogens (primary N) is 1. The highest BCUT2D eigenvalue weighted by molar-refractivity contribution is 6.31. The van der Waals surface area contributed by atoms with Crippen LogP contribution in [-0.4, -0.2) is 23.9 Å². The van der Waals surface area contributed by atoms with Gasteiger partial charge in [0, 0.05) is 11.6 Å². The molecule has 0 bridgehead atoms. The zero-order chi connectivity index (χ0) is 13.3. The standard InChI is InChI=1S/C13H17ClFN3/c1-8(2)7-18-12(6-17-13(18)16)10-4-3-9(15)5-11(10)14/h3-5,8,12H,6-7H2,1-2H3,(H2,16,17). The highest BCUT2D eigenvalue weighted by Gasteiger charge is 2.29. The Morgan fingerprint density at radius 1 is 1.56 bits per heavy atom. The maximum Gasteiger partial charge on any atom is 0.191 e. The molecule has 18 heavy (non-hydrogen) atoms. The number of hydrogen-bond acceptors (Lipinski definition) is 3. The number of benzene rings is 1. The monoisotopic (exact) mass is 269 g/mol. The third-order valence-corrected chi connectivity index (χ3v) is 3.31. The van der Waals surface area contributed by atoms with Crippen molar-refractivity contribution in [3.05, 3.63) is 34.6 Å². The molecule has 1 aliphatic heterocycles. The topological polar surface area (TPSA) is 41.6 Å². The van der Waals surface area contributed by atoms with Gasteiger partial charge < -0.3 is 10.6 Å². The van der Waals surface area contributed by atoms with Gasteiger partial charge in [0.15, 0.2) is 5.96 Å². The van der Waals surface area contributed by atoms with E-state index in [4.69, 9.17) is 17.3 Å². The van der Waals surface area contributed by atoms with E-state index in [0.29, 0.717) is 23.4 Å². The van der Waals surface area contributed by atoms with Crippen molar-refractivity contribution in [2.75, 3.05) is 13.1 Å². The van der Waals surface area contributed by atoms with E-state index in [1.54, 1.807) is 6.07 Å². The molecule has 0 saturated heterocycles. The Balaban J connectivity index is 2.27. The summed E-state index contributed by atoms with van der Waals surface area (Å²) in [4.78, 5) is 6.29. The van der Waals surface area contributed by atoms with Gasteiger partial charge in [-0.25, -0.2) is 4.39 Å². The molecule has 1 atom stereocenters. The fourth-order valence-electron chi connectivity index (χ4n) is 2.18. The molecule has 1 unspecified atom stereocenters. The summed E-state index contributed by atoms with van der Waals surface area (Å²) in [5.41, 5.74) is 6.77. The quantitative estimate of drug-likeness (QED) is 0.917.